The maximum absolute atomic E-state index is 13.3. The molecule has 258 valence electrons. The van der Waals surface area contributed by atoms with Crippen LogP contribution in [-0.2, 0) is 9.53 Å². The van der Waals surface area contributed by atoms with Gasteiger partial charge in [0, 0.05) is 23.2 Å². The van der Waals surface area contributed by atoms with Crippen LogP contribution in [0.2, 0.25) is 20.1 Å². The number of carbonyl (C=O) groups excluding carboxylic acids is 2. The van der Waals surface area contributed by atoms with Crippen molar-refractivity contribution in [3.8, 4) is 5.69 Å². The van der Waals surface area contributed by atoms with Gasteiger partial charge in [-0.3, -0.25) is 9.59 Å². The minimum absolute atomic E-state index is 0.0229. The van der Waals surface area contributed by atoms with Crippen LogP contribution in [0.3, 0.4) is 0 Å². The van der Waals surface area contributed by atoms with Crippen LogP contribution < -0.4 is 16.2 Å². The summed E-state index contributed by atoms with van der Waals surface area (Å²) < 4.78 is 4.96. The number of anilines is 3. The number of nitrogens with zero attached hydrogens (tertiary/aromatic N) is 2. The number of alkyl halides is 3. The minimum Gasteiger partial charge on any atom is -0.443 e. The second kappa shape index (κ2) is 19.4. The first-order valence-corrected chi connectivity index (χ1v) is 18.1. The highest BCUT2D eigenvalue weighted by Gasteiger charge is 2.28. The van der Waals surface area contributed by atoms with E-state index in [4.69, 9.17) is 85.9 Å². The van der Waals surface area contributed by atoms with Crippen LogP contribution in [0, 0.1) is 0 Å². The average molecular weight is 790 g/mol. The molecule has 2 aromatic carbocycles. The van der Waals surface area contributed by atoms with Crippen LogP contribution in [0.1, 0.15) is 84.0 Å². The van der Waals surface area contributed by atoms with E-state index in [1.165, 1.54) is 63.5 Å². The Balaban J connectivity index is 1.71. The number of carbonyl (C=O) groups is 2. The lowest BCUT2D eigenvalue weighted by atomic mass is 10.1. The number of hydrogen-bond donors (Lipinski definition) is 2. The molecule has 0 atom stereocenters. The normalized spacial score (nSPS) is 11.5. The molecule has 0 radical (unpaired) electrons. The molecule has 0 aliphatic rings. The van der Waals surface area contributed by atoms with Gasteiger partial charge in [0.2, 0.25) is 9.70 Å². The quantitative estimate of drug-likeness (QED) is 0.105. The van der Waals surface area contributed by atoms with E-state index in [2.05, 4.69) is 17.6 Å². The van der Waals surface area contributed by atoms with Gasteiger partial charge >= 0.3 is 6.09 Å². The van der Waals surface area contributed by atoms with E-state index in [1.54, 1.807) is 18.2 Å². The Morgan fingerprint density at radius 2 is 1.36 bits per heavy atom. The number of unbranched alkanes of at least 4 members (excludes halogenated alkanes) is 10. The van der Waals surface area contributed by atoms with Crippen molar-refractivity contribution in [2.75, 3.05) is 17.2 Å². The highest BCUT2D eigenvalue weighted by Crippen LogP contribution is 2.34. The second-order valence-corrected chi connectivity index (χ2v) is 15.2. The van der Waals surface area contributed by atoms with E-state index >= 15 is 0 Å². The van der Waals surface area contributed by atoms with Crippen molar-refractivity contribution in [3.05, 3.63) is 66.8 Å². The topological polar surface area (TPSA) is 94.4 Å². The van der Waals surface area contributed by atoms with Crippen LogP contribution in [0.4, 0.5) is 22.0 Å². The molecule has 0 saturated heterocycles. The Bertz CT molecular complexity index is 1550. The zero-order chi connectivity index (χ0) is 34.6. The van der Waals surface area contributed by atoms with Crippen molar-refractivity contribution in [2.45, 2.75) is 87.8 Å². The number of nitrogens with one attached hydrogen (secondary N) is 2. The van der Waals surface area contributed by atoms with Gasteiger partial charge < -0.3 is 15.4 Å². The van der Waals surface area contributed by atoms with Crippen LogP contribution >= 0.6 is 81.2 Å². The lowest BCUT2D eigenvalue weighted by Crippen LogP contribution is -2.30. The summed E-state index contributed by atoms with van der Waals surface area (Å²) in [5.74, 6) is -0.225. The molecule has 0 spiro atoms. The lowest BCUT2D eigenvalue weighted by molar-refractivity contribution is -0.116. The van der Waals surface area contributed by atoms with E-state index in [1.807, 2.05) is 0 Å². The van der Waals surface area contributed by atoms with Crippen molar-refractivity contribution >= 4 is 110 Å². The first-order chi connectivity index (χ1) is 22.3. The Labute approximate surface area is 309 Å². The first kappa shape index (κ1) is 39.7. The monoisotopic (exact) mass is 786 g/mol. The van der Waals surface area contributed by atoms with E-state index in [-0.39, 0.29) is 43.2 Å². The number of hydrogen-bond acceptors (Lipinski definition) is 5. The van der Waals surface area contributed by atoms with Crippen LogP contribution in [0.15, 0.2) is 41.2 Å². The van der Waals surface area contributed by atoms with E-state index in [0.29, 0.717) is 12.1 Å². The smallest absolute Gasteiger partial charge is 0.435 e. The Kier molecular flexibility index (Phi) is 16.4. The Morgan fingerprint density at radius 3 is 1.94 bits per heavy atom. The summed E-state index contributed by atoms with van der Waals surface area (Å²) in [5.41, 5.74) is -0.0263. The average Bonchev–Trinajstić information content (AvgIpc) is 3.30. The van der Waals surface area contributed by atoms with Crippen molar-refractivity contribution in [1.82, 2.24) is 9.36 Å². The summed E-state index contributed by atoms with van der Waals surface area (Å²) in [6, 6.07) is 8.59. The van der Waals surface area contributed by atoms with Gasteiger partial charge in [-0.1, -0.05) is 152 Å². The molecule has 1 heterocycles. The van der Waals surface area contributed by atoms with Gasteiger partial charge in [0.25, 0.3) is 5.56 Å². The van der Waals surface area contributed by atoms with Crippen LogP contribution in [0.25, 0.3) is 5.69 Å². The third-order valence-electron chi connectivity index (χ3n) is 7.14. The van der Waals surface area contributed by atoms with E-state index in [0.717, 1.165) is 34.7 Å². The van der Waals surface area contributed by atoms with Gasteiger partial charge in [-0.05, 0) is 36.8 Å². The first-order valence-electron chi connectivity index (χ1n) is 15.4. The molecule has 3 aromatic rings. The molecule has 0 aliphatic heterocycles. The SMILES string of the molecule is CCCCCCCCCCCCCC(=O)Nc1ccc(Cl)c(Nc2cc(=O)n(-c3c(Cl)cc(Cl)cc3Cl)n2C(=O)OCC(Cl)(Cl)Cl)c1. The second-order valence-electron chi connectivity index (χ2n) is 11.0. The van der Waals surface area contributed by atoms with E-state index < -0.39 is 22.1 Å². The minimum atomic E-state index is -1.93. The predicted molar refractivity (Wildman–Crippen MR) is 197 cm³/mol. The van der Waals surface area contributed by atoms with Crippen molar-refractivity contribution < 1.29 is 14.3 Å². The molecule has 1 aromatic heterocycles. The summed E-state index contributed by atoms with van der Waals surface area (Å²) in [4.78, 5) is 39.2. The highest BCUT2D eigenvalue weighted by atomic mass is 35.6. The number of rotatable bonds is 17. The molecule has 2 N–H and O–H groups in total. The third kappa shape index (κ3) is 12.9. The zero-order valence-electron chi connectivity index (χ0n) is 25.8. The van der Waals surface area contributed by atoms with Crippen molar-refractivity contribution in [2.24, 2.45) is 0 Å². The van der Waals surface area contributed by atoms with Crippen LogP contribution in [-0.4, -0.2) is 31.8 Å². The zero-order valence-corrected chi connectivity index (χ0v) is 31.1. The van der Waals surface area contributed by atoms with Gasteiger partial charge in [-0.25, -0.2) is 9.48 Å². The molecule has 0 saturated carbocycles. The van der Waals surface area contributed by atoms with E-state index in [9.17, 15) is 14.4 Å². The van der Waals surface area contributed by atoms with Gasteiger partial charge in [-0.2, -0.15) is 4.68 Å². The Morgan fingerprint density at radius 1 is 0.787 bits per heavy atom. The van der Waals surface area contributed by atoms with Crippen LogP contribution in [0.5, 0.6) is 0 Å². The van der Waals surface area contributed by atoms with Crippen molar-refractivity contribution in [3.63, 3.8) is 0 Å². The Hall–Kier alpha value is -1.78. The molecule has 0 bridgehead atoms. The molecular weight excluding hydrogens is 753 g/mol. The standard InChI is InChI=1S/C32H37Cl7N4O4/c1-2-3-4-5-6-7-8-9-10-11-12-13-28(44)40-22-14-15-23(34)26(18-22)41-27-19-29(45)43(30-24(35)16-21(33)17-25(30)36)42(27)31(46)47-20-32(37,38)39/h14-19,41H,2-13,20H2,1H3,(H,40,44). The molecular formula is C32H37Cl7N4O4. The molecule has 47 heavy (non-hydrogen) atoms. The number of ether oxygens (including phenoxy) is 1. The predicted octanol–water partition coefficient (Wildman–Crippen LogP) is 12.0. The fourth-order valence-corrected chi connectivity index (χ4v) is 6.18. The van der Waals surface area contributed by atoms with Gasteiger partial charge in [0.15, 0.2) is 0 Å². The molecule has 0 aliphatic carbocycles. The molecule has 0 fully saturated rings. The fraction of sp³-hybridized carbons (Fsp3) is 0.469. The molecule has 1 amide bonds. The van der Waals surface area contributed by atoms with Crippen molar-refractivity contribution in [1.29, 1.82) is 0 Å². The number of aromatic nitrogens is 2. The maximum Gasteiger partial charge on any atom is 0.435 e. The summed E-state index contributed by atoms with van der Waals surface area (Å²) in [6.07, 6.45) is 12.4. The molecule has 8 nitrogen and oxygen atoms in total. The maximum atomic E-state index is 13.3. The number of benzene rings is 2. The summed E-state index contributed by atoms with van der Waals surface area (Å²) in [6.45, 7) is 1.59. The van der Waals surface area contributed by atoms with Gasteiger partial charge in [-0.15, -0.1) is 0 Å². The summed E-state index contributed by atoms with van der Waals surface area (Å²) >= 11 is 42.6. The summed E-state index contributed by atoms with van der Waals surface area (Å²) in [5, 5.41) is 6.22. The largest absolute Gasteiger partial charge is 0.443 e. The van der Waals surface area contributed by atoms with Gasteiger partial charge in [0.05, 0.1) is 20.8 Å². The molecule has 15 heteroatoms. The highest BCUT2D eigenvalue weighted by molar-refractivity contribution is 6.67. The lowest BCUT2D eigenvalue weighted by Gasteiger charge is -2.18. The fourth-order valence-electron chi connectivity index (χ4n) is 4.88. The molecule has 3 rings (SSSR count). The number of halogens is 7. The molecule has 0 unspecified atom stereocenters. The third-order valence-corrected chi connectivity index (χ3v) is 8.59. The summed E-state index contributed by atoms with van der Waals surface area (Å²) in [7, 11) is 0. The number of amides is 1. The van der Waals surface area contributed by atoms with Gasteiger partial charge in [0.1, 0.15) is 18.1 Å².